The standard InChI is InChI=1S/C24H14/c1-4-18-13-20-12-11-17-10-9-16-8-7-15-3-2-6-21(15)23(16)24(17)22(20)14-19(18)5-1/h1-14H. The molecule has 2 aliphatic rings. The van der Waals surface area contributed by atoms with E-state index in [0.29, 0.717) is 0 Å². The van der Waals surface area contributed by atoms with Gasteiger partial charge in [-0.3, -0.25) is 0 Å². The van der Waals surface area contributed by atoms with Crippen molar-refractivity contribution in [3.8, 4) is 0 Å². The van der Waals surface area contributed by atoms with Crippen LogP contribution in [0.1, 0.15) is 11.1 Å². The summed E-state index contributed by atoms with van der Waals surface area (Å²) < 4.78 is 0. The van der Waals surface area contributed by atoms with Gasteiger partial charge < -0.3 is 0 Å². The lowest BCUT2D eigenvalue weighted by molar-refractivity contribution is 1.65. The van der Waals surface area contributed by atoms with E-state index in [1.165, 1.54) is 53.9 Å². The molecule has 0 saturated heterocycles. The Bertz CT molecular complexity index is 1380. The Morgan fingerprint density at radius 3 is 2.17 bits per heavy atom. The van der Waals surface area contributed by atoms with E-state index in [1.807, 2.05) is 0 Å². The van der Waals surface area contributed by atoms with Crippen molar-refractivity contribution < 1.29 is 0 Å². The van der Waals surface area contributed by atoms with E-state index in [1.54, 1.807) is 0 Å². The number of benzene rings is 4. The topological polar surface area (TPSA) is 0 Å². The van der Waals surface area contributed by atoms with Crippen LogP contribution in [0.2, 0.25) is 0 Å². The van der Waals surface area contributed by atoms with Gasteiger partial charge in [0.25, 0.3) is 0 Å². The molecule has 0 fully saturated rings. The van der Waals surface area contributed by atoms with Gasteiger partial charge in [-0.25, -0.2) is 0 Å². The van der Waals surface area contributed by atoms with Crippen molar-refractivity contribution >= 4 is 56.6 Å². The SMILES string of the molecule is C1=Cc2cc3c(ccc4ccc5ccc6c(c5c43)C=CC=6)cc2=C1. The predicted octanol–water partition coefficient (Wildman–Crippen LogP) is 4.76. The molecule has 0 bridgehead atoms. The molecule has 0 atom stereocenters. The second kappa shape index (κ2) is 4.24. The molecule has 24 heavy (non-hydrogen) atoms. The molecule has 0 saturated carbocycles. The quantitative estimate of drug-likeness (QED) is 0.411. The van der Waals surface area contributed by atoms with Crippen LogP contribution in [0, 0.1) is 0 Å². The number of allylic oxidation sites excluding steroid dienone is 2. The zero-order chi connectivity index (χ0) is 15.7. The van der Waals surface area contributed by atoms with Crippen LogP contribution in [0.5, 0.6) is 0 Å². The first-order chi connectivity index (χ1) is 11.9. The van der Waals surface area contributed by atoms with E-state index < -0.39 is 0 Å². The number of hydrogen-bond donors (Lipinski definition) is 0. The summed E-state index contributed by atoms with van der Waals surface area (Å²) in [6, 6.07) is 18.1. The maximum Gasteiger partial charge on any atom is -0.00203 e. The summed E-state index contributed by atoms with van der Waals surface area (Å²) in [5.41, 5.74) is 2.68. The zero-order valence-electron chi connectivity index (χ0n) is 13.1. The third-order valence-corrected chi connectivity index (χ3v) is 5.35. The molecule has 0 unspecified atom stereocenters. The number of fused-ring (bicyclic) bond motifs is 8. The van der Waals surface area contributed by atoms with E-state index >= 15 is 0 Å². The highest BCUT2D eigenvalue weighted by atomic mass is 14.1. The first kappa shape index (κ1) is 12.3. The molecule has 6 rings (SSSR count). The van der Waals surface area contributed by atoms with Crippen molar-refractivity contribution in [2.45, 2.75) is 0 Å². The Labute approximate surface area is 139 Å². The highest BCUT2D eigenvalue weighted by Crippen LogP contribution is 2.34. The van der Waals surface area contributed by atoms with Gasteiger partial charge in [0.15, 0.2) is 0 Å². The average Bonchev–Trinajstić information content (AvgIpc) is 3.27. The van der Waals surface area contributed by atoms with Crippen molar-refractivity contribution in [1.29, 1.82) is 0 Å². The molecule has 0 radical (unpaired) electrons. The van der Waals surface area contributed by atoms with Crippen molar-refractivity contribution in [2.24, 2.45) is 0 Å². The Balaban J connectivity index is 1.96. The van der Waals surface area contributed by atoms with E-state index in [0.717, 1.165) is 0 Å². The van der Waals surface area contributed by atoms with Gasteiger partial charge >= 0.3 is 0 Å². The van der Waals surface area contributed by atoms with Crippen LogP contribution in [0.15, 0.2) is 60.7 Å². The molecule has 0 heterocycles. The summed E-state index contributed by atoms with van der Waals surface area (Å²) in [6.07, 6.45) is 13.1. The molecule has 0 aromatic heterocycles. The van der Waals surface area contributed by atoms with Crippen molar-refractivity contribution in [1.82, 2.24) is 0 Å². The monoisotopic (exact) mass is 302 g/mol. The minimum absolute atomic E-state index is 1.31. The minimum atomic E-state index is 1.31. The average molecular weight is 302 g/mol. The van der Waals surface area contributed by atoms with E-state index in [-0.39, 0.29) is 0 Å². The van der Waals surface area contributed by atoms with Crippen molar-refractivity contribution in [3.05, 3.63) is 82.2 Å². The lowest BCUT2D eigenvalue weighted by Crippen LogP contribution is -2.03. The molecular weight excluding hydrogens is 288 g/mol. The molecule has 4 aromatic rings. The predicted molar refractivity (Wildman–Crippen MR) is 105 cm³/mol. The minimum Gasteiger partial charge on any atom is -0.0610 e. The van der Waals surface area contributed by atoms with Gasteiger partial charge in [-0.2, -0.15) is 0 Å². The molecule has 110 valence electrons. The zero-order valence-corrected chi connectivity index (χ0v) is 13.1. The summed E-state index contributed by atoms with van der Waals surface area (Å²) in [7, 11) is 0. The number of rotatable bonds is 0. The molecule has 0 spiro atoms. The maximum atomic E-state index is 2.36. The third kappa shape index (κ3) is 1.48. The first-order valence-corrected chi connectivity index (χ1v) is 8.37. The summed E-state index contributed by atoms with van der Waals surface area (Å²) in [5, 5.41) is 10.7. The van der Waals surface area contributed by atoms with Crippen LogP contribution in [0.25, 0.3) is 56.6 Å². The van der Waals surface area contributed by atoms with Gasteiger partial charge in [0.2, 0.25) is 0 Å². The van der Waals surface area contributed by atoms with Gasteiger partial charge in [0, 0.05) is 0 Å². The first-order valence-electron chi connectivity index (χ1n) is 8.37. The lowest BCUT2D eigenvalue weighted by atomic mass is 9.92. The second-order valence-electron chi connectivity index (χ2n) is 6.65. The molecule has 0 aliphatic heterocycles. The summed E-state index contributed by atoms with van der Waals surface area (Å²) in [5.74, 6) is 0. The third-order valence-electron chi connectivity index (χ3n) is 5.35. The molecule has 4 aromatic carbocycles. The Morgan fingerprint density at radius 2 is 1.25 bits per heavy atom. The highest BCUT2D eigenvalue weighted by molar-refractivity contribution is 6.22. The molecule has 0 heteroatoms. The smallest absolute Gasteiger partial charge is 0.00203 e. The van der Waals surface area contributed by atoms with Crippen LogP contribution in [0.3, 0.4) is 0 Å². The summed E-state index contributed by atoms with van der Waals surface area (Å²) in [4.78, 5) is 0. The van der Waals surface area contributed by atoms with Gasteiger partial charge in [-0.15, -0.1) is 0 Å². The van der Waals surface area contributed by atoms with E-state index in [9.17, 15) is 0 Å². The highest BCUT2D eigenvalue weighted by Gasteiger charge is 2.11. The second-order valence-corrected chi connectivity index (χ2v) is 6.65. The van der Waals surface area contributed by atoms with Gasteiger partial charge in [-0.05, 0) is 66.0 Å². The van der Waals surface area contributed by atoms with Crippen LogP contribution < -0.4 is 10.4 Å². The fourth-order valence-electron chi connectivity index (χ4n) is 4.21. The van der Waals surface area contributed by atoms with Crippen molar-refractivity contribution in [3.63, 3.8) is 0 Å². The van der Waals surface area contributed by atoms with Gasteiger partial charge in [-0.1, -0.05) is 72.9 Å². The van der Waals surface area contributed by atoms with Crippen LogP contribution in [0.4, 0.5) is 0 Å². The summed E-state index contributed by atoms with van der Waals surface area (Å²) in [6.45, 7) is 0. The van der Waals surface area contributed by atoms with Gasteiger partial charge in [0.1, 0.15) is 0 Å². The normalized spacial score (nSPS) is 14.2. The Hall–Kier alpha value is -3.12. The van der Waals surface area contributed by atoms with E-state index in [2.05, 4.69) is 85.0 Å². The molecule has 0 N–H and O–H groups in total. The largest absolute Gasteiger partial charge is 0.0610 e. The van der Waals surface area contributed by atoms with Gasteiger partial charge in [0.05, 0.1) is 0 Å². The fourth-order valence-corrected chi connectivity index (χ4v) is 4.21. The summed E-state index contributed by atoms with van der Waals surface area (Å²) >= 11 is 0. The molecule has 0 amide bonds. The maximum absolute atomic E-state index is 2.36. The van der Waals surface area contributed by atoms with Crippen LogP contribution >= 0.6 is 0 Å². The Kier molecular flexibility index (Phi) is 2.18. The number of hydrogen-bond acceptors (Lipinski definition) is 0. The molecule has 0 nitrogen and oxygen atoms in total. The van der Waals surface area contributed by atoms with Crippen LogP contribution in [-0.4, -0.2) is 0 Å². The van der Waals surface area contributed by atoms with Crippen LogP contribution in [-0.2, 0) is 0 Å². The lowest BCUT2D eigenvalue weighted by Gasteiger charge is -2.11. The van der Waals surface area contributed by atoms with Crippen molar-refractivity contribution in [2.75, 3.05) is 0 Å². The fraction of sp³-hybridized carbons (Fsp3) is 0. The van der Waals surface area contributed by atoms with E-state index in [4.69, 9.17) is 0 Å². The Morgan fingerprint density at radius 1 is 0.542 bits per heavy atom. The molecular formula is C24H14. The molecule has 2 aliphatic carbocycles.